The van der Waals surface area contributed by atoms with E-state index in [4.69, 9.17) is 0 Å². The van der Waals surface area contributed by atoms with Crippen molar-refractivity contribution in [2.75, 3.05) is 25.0 Å². The number of anilines is 1. The van der Waals surface area contributed by atoms with E-state index in [2.05, 4.69) is 10.1 Å². The van der Waals surface area contributed by atoms with Crippen LogP contribution in [0.1, 0.15) is 24.2 Å². The SMILES string of the molecule is CCN(CC)S(=O)(=O)c1cc(C(=O)Nc2ccc(OCC(F)(F)F)cc2)ccc1F. The minimum Gasteiger partial charge on any atom is -0.484 e. The molecule has 0 atom stereocenters. The summed E-state index contributed by atoms with van der Waals surface area (Å²) >= 11 is 0. The van der Waals surface area contributed by atoms with Gasteiger partial charge in [-0.15, -0.1) is 0 Å². The van der Waals surface area contributed by atoms with Gasteiger partial charge in [0.1, 0.15) is 16.5 Å². The first-order valence-electron chi connectivity index (χ1n) is 8.88. The van der Waals surface area contributed by atoms with Gasteiger partial charge >= 0.3 is 6.18 Å². The van der Waals surface area contributed by atoms with E-state index in [9.17, 15) is 30.8 Å². The Morgan fingerprint density at radius 1 is 1.07 bits per heavy atom. The van der Waals surface area contributed by atoms with E-state index >= 15 is 0 Å². The molecule has 0 aromatic heterocycles. The Morgan fingerprint density at radius 3 is 2.20 bits per heavy atom. The van der Waals surface area contributed by atoms with Crippen LogP contribution in [0.25, 0.3) is 0 Å². The molecule has 2 rings (SSSR count). The highest BCUT2D eigenvalue weighted by atomic mass is 32.2. The Bertz CT molecular complexity index is 989. The van der Waals surface area contributed by atoms with Crippen LogP contribution in [0.3, 0.4) is 0 Å². The number of ether oxygens (including phenoxy) is 1. The van der Waals surface area contributed by atoms with Gasteiger partial charge in [0.25, 0.3) is 5.91 Å². The van der Waals surface area contributed by atoms with Crippen molar-refractivity contribution >= 4 is 21.6 Å². The molecule has 6 nitrogen and oxygen atoms in total. The number of nitrogens with zero attached hydrogens (tertiary/aromatic N) is 1. The van der Waals surface area contributed by atoms with E-state index in [0.29, 0.717) is 0 Å². The Labute approximate surface area is 171 Å². The van der Waals surface area contributed by atoms with E-state index in [-0.39, 0.29) is 30.1 Å². The lowest BCUT2D eigenvalue weighted by Gasteiger charge is -2.19. The quantitative estimate of drug-likeness (QED) is 0.619. The van der Waals surface area contributed by atoms with Crippen molar-refractivity contribution < 1.29 is 35.5 Å². The van der Waals surface area contributed by atoms with Gasteiger partial charge in [-0.25, -0.2) is 12.8 Å². The van der Waals surface area contributed by atoms with E-state index < -0.39 is 39.4 Å². The van der Waals surface area contributed by atoms with Crippen molar-refractivity contribution in [3.63, 3.8) is 0 Å². The molecule has 0 heterocycles. The number of amides is 1. The van der Waals surface area contributed by atoms with Crippen molar-refractivity contribution in [1.82, 2.24) is 4.31 Å². The summed E-state index contributed by atoms with van der Waals surface area (Å²) in [5.74, 6) is -1.74. The number of rotatable bonds is 8. The van der Waals surface area contributed by atoms with Crippen LogP contribution < -0.4 is 10.1 Å². The number of sulfonamides is 1. The predicted octanol–water partition coefficient (Wildman–Crippen LogP) is 4.05. The molecule has 0 saturated carbocycles. The van der Waals surface area contributed by atoms with Gasteiger partial charge < -0.3 is 10.1 Å². The summed E-state index contributed by atoms with van der Waals surface area (Å²) in [4.78, 5) is 11.8. The van der Waals surface area contributed by atoms with Crippen LogP contribution >= 0.6 is 0 Å². The summed E-state index contributed by atoms with van der Waals surface area (Å²) in [5, 5.41) is 2.47. The number of carbonyl (C=O) groups is 1. The first-order chi connectivity index (χ1) is 14.0. The normalized spacial score (nSPS) is 12.1. The summed E-state index contributed by atoms with van der Waals surface area (Å²) in [6.45, 7) is 2.04. The Hall–Kier alpha value is -2.66. The molecule has 0 aliphatic carbocycles. The van der Waals surface area contributed by atoms with Gasteiger partial charge in [-0.05, 0) is 42.5 Å². The molecule has 0 aliphatic heterocycles. The molecule has 1 N–H and O–H groups in total. The smallest absolute Gasteiger partial charge is 0.422 e. The van der Waals surface area contributed by atoms with Gasteiger partial charge in [0.15, 0.2) is 6.61 Å². The van der Waals surface area contributed by atoms with Crippen molar-refractivity contribution in [2.45, 2.75) is 24.9 Å². The van der Waals surface area contributed by atoms with Crippen molar-refractivity contribution in [2.24, 2.45) is 0 Å². The fourth-order valence-corrected chi connectivity index (χ4v) is 4.10. The van der Waals surface area contributed by atoms with Crippen LogP contribution in [0.2, 0.25) is 0 Å². The zero-order valence-corrected chi connectivity index (χ0v) is 17.0. The van der Waals surface area contributed by atoms with Crippen molar-refractivity contribution in [1.29, 1.82) is 0 Å². The largest absolute Gasteiger partial charge is 0.484 e. The van der Waals surface area contributed by atoms with Crippen LogP contribution in [0.15, 0.2) is 47.4 Å². The number of hydrogen-bond acceptors (Lipinski definition) is 4. The van der Waals surface area contributed by atoms with Gasteiger partial charge in [-0.2, -0.15) is 17.5 Å². The van der Waals surface area contributed by atoms with Gasteiger partial charge in [-0.1, -0.05) is 13.8 Å². The number of alkyl halides is 3. The van der Waals surface area contributed by atoms with Gasteiger partial charge in [-0.3, -0.25) is 4.79 Å². The molecule has 164 valence electrons. The fourth-order valence-electron chi connectivity index (χ4n) is 2.55. The zero-order valence-electron chi connectivity index (χ0n) is 16.2. The average Bonchev–Trinajstić information content (AvgIpc) is 2.67. The highest BCUT2D eigenvalue weighted by Gasteiger charge is 2.28. The minimum absolute atomic E-state index is 0.0419. The molecule has 30 heavy (non-hydrogen) atoms. The standard InChI is InChI=1S/C19H20F4N2O4S/c1-3-25(4-2)30(27,28)17-11-13(5-10-16(17)20)18(26)24-14-6-8-15(9-7-14)29-12-19(21,22)23/h5-11H,3-4,12H2,1-2H3,(H,24,26). The van der Waals surface area contributed by atoms with Crippen LogP contribution in [-0.4, -0.2) is 44.5 Å². The molecule has 2 aromatic rings. The number of nitrogens with one attached hydrogen (secondary N) is 1. The molecule has 2 aromatic carbocycles. The third-order valence-corrected chi connectivity index (χ3v) is 6.10. The monoisotopic (exact) mass is 448 g/mol. The van der Waals surface area contributed by atoms with Crippen molar-refractivity contribution in [3.8, 4) is 5.75 Å². The van der Waals surface area contributed by atoms with Gasteiger partial charge in [0.05, 0.1) is 0 Å². The van der Waals surface area contributed by atoms with Gasteiger partial charge in [0, 0.05) is 24.3 Å². The lowest BCUT2D eigenvalue weighted by atomic mass is 10.2. The van der Waals surface area contributed by atoms with Gasteiger partial charge in [0.2, 0.25) is 10.0 Å². The zero-order chi connectivity index (χ0) is 22.5. The maximum atomic E-state index is 14.2. The summed E-state index contributed by atoms with van der Waals surface area (Å²) in [5.41, 5.74) is 0.136. The average molecular weight is 448 g/mol. The fraction of sp³-hybridized carbons (Fsp3) is 0.316. The molecule has 11 heteroatoms. The van der Waals surface area contributed by atoms with E-state index in [0.717, 1.165) is 22.5 Å². The van der Waals surface area contributed by atoms with Crippen molar-refractivity contribution in [3.05, 3.63) is 53.8 Å². The Kier molecular flexibility index (Phi) is 7.43. The van der Waals surface area contributed by atoms with Crippen LogP contribution in [-0.2, 0) is 10.0 Å². The maximum absolute atomic E-state index is 14.2. The summed E-state index contributed by atoms with van der Waals surface area (Å²) in [6, 6.07) is 8.08. The summed E-state index contributed by atoms with van der Waals surface area (Å²) < 4.78 is 81.4. The van der Waals surface area contributed by atoms with E-state index in [1.807, 2.05) is 0 Å². The van der Waals surface area contributed by atoms with Crippen LogP contribution in [0.4, 0.5) is 23.2 Å². The molecular weight excluding hydrogens is 428 g/mol. The summed E-state index contributed by atoms with van der Waals surface area (Å²) in [7, 11) is -4.11. The molecule has 0 saturated heterocycles. The second-order valence-corrected chi connectivity index (χ2v) is 8.02. The molecule has 1 amide bonds. The van der Waals surface area contributed by atoms with Crippen LogP contribution in [0, 0.1) is 5.82 Å². The molecule has 0 bridgehead atoms. The lowest BCUT2D eigenvalue weighted by Crippen LogP contribution is -2.31. The summed E-state index contributed by atoms with van der Waals surface area (Å²) in [6.07, 6.45) is -4.47. The minimum atomic E-state index is -4.47. The first kappa shape index (κ1) is 23.6. The topological polar surface area (TPSA) is 75.7 Å². The third-order valence-electron chi connectivity index (χ3n) is 4.03. The second-order valence-electron chi connectivity index (χ2n) is 6.12. The Balaban J connectivity index is 2.18. The van der Waals surface area contributed by atoms with Crippen LogP contribution in [0.5, 0.6) is 5.75 Å². The first-order valence-corrected chi connectivity index (χ1v) is 10.3. The highest BCUT2D eigenvalue weighted by molar-refractivity contribution is 7.89. The molecule has 0 aliphatic rings. The number of hydrogen-bond donors (Lipinski definition) is 1. The number of carbonyl (C=O) groups excluding carboxylic acids is 1. The molecule has 0 radical (unpaired) electrons. The number of halogens is 4. The molecule has 0 spiro atoms. The Morgan fingerprint density at radius 2 is 1.67 bits per heavy atom. The van der Waals surface area contributed by atoms with E-state index in [1.165, 1.54) is 24.3 Å². The number of benzene rings is 2. The second kappa shape index (κ2) is 9.43. The van der Waals surface area contributed by atoms with E-state index in [1.54, 1.807) is 13.8 Å². The maximum Gasteiger partial charge on any atom is 0.422 e. The highest BCUT2D eigenvalue weighted by Crippen LogP contribution is 2.23. The molecule has 0 fully saturated rings. The molecule has 0 unspecified atom stereocenters. The predicted molar refractivity (Wildman–Crippen MR) is 102 cm³/mol. The third kappa shape index (κ3) is 5.92. The molecular formula is C19H20F4N2O4S. The lowest BCUT2D eigenvalue weighted by molar-refractivity contribution is -0.153.